The van der Waals surface area contributed by atoms with Gasteiger partial charge < -0.3 is 15.2 Å². The summed E-state index contributed by atoms with van der Waals surface area (Å²) in [4.78, 5) is 26.2. The topological polar surface area (TPSA) is 64.3 Å². The number of amides is 1. The van der Waals surface area contributed by atoms with E-state index in [0.29, 0.717) is 28.2 Å². The minimum Gasteiger partial charge on any atom is -0.345 e. The predicted octanol–water partition coefficient (Wildman–Crippen LogP) is 8.24. The highest BCUT2D eigenvalue weighted by molar-refractivity contribution is 6.35. The molecule has 4 aromatic rings. The number of nitrogens with one attached hydrogen (secondary N) is 2. The Hall–Kier alpha value is -3.16. The van der Waals surface area contributed by atoms with E-state index in [0.717, 1.165) is 56.3 Å². The van der Waals surface area contributed by atoms with E-state index in [1.807, 2.05) is 6.20 Å². The van der Waals surface area contributed by atoms with Crippen LogP contribution in [0.5, 0.6) is 0 Å². The van der Waals surface area contributed by atoms with Crippen LogP contribution < -0.4 is 5.32 Å². The van der Waals surface area contributed by atoms with E-state index in [2.05, 4.69) is 67.5 Å². The van der Waals surface area contributed by atoms with Crippen molar-refractivity contribution in [3.8, 4) is 22.5 Å². The lowest BCUT2D eigenvalue weighted by Crippen LogP contribution is -2.47. The number of benzene rings is 3. The molecule has 2 N–H and O–H groups in total. The Bertz CT molecular complexity index is 1590. The van der Waals surface area contributed by atoms with E-state index >= 15 is 0 Å². The molecule has 1 saturated carbocycles. The Balaban J connectivity index is 1.14. The first-order valence-electron chi connectivity index (χ1n) is 16.0. The molecule has 0 spiro atoms. The number of carbonyl (C=O) groups excluding carboxylic acids is 1. The van der Waals surface area contributed by atoms with Crippen LogP contribution in [0.1, 0.15) is 55.7 Å². The van der Waals surface area contributed by atoms with Gasteiger partial charge in [-0.3, -0.25) is 9.69 Å². The number of anilines is 1. The van der Waals surface area contributed by atoms with Crippen molar-refractivity contribution >= 4 is 34.8 Å². The normalized spacial score (nSPS) is 20.1. The third kappa shape index (κ3) is 6.45. The summed E-state index contributed by atoms with van der Waals surface area (Å²) in [6.45, 7) is 3.49. The van der Waals surface area contributed by atoms with Crippen molar-refractivity contribution in [2.75, 3.05) is 31.5 Å². The summed E-state index contributed by atoms with van der Waals surface area (Å²) >= 11 is 12.4. The number of fused-ring (bicyclic) bond motifs is 1. The number of likely N-dealkylation sites (tertiary alicyclic amines) is 1. The highest BCUT2D eigenvalue weighted by atomic mass is 35.5. The van der Waals surface area contributed by atoms with Crippen molar-refractivity contribution in [3.05, 3.63) is 94.2 Å². The van der Waals surface area contributed by atoms with Crippen molar-refractivity contribution in [2.24, 2.45) is 5.92 Å². The molecule has 1 amide bonds. The summed E-state index contributed by atoms with van der Waals surface area (Å²) in [5.41, 5.74) is 6.89. The molecule has 1 atom stereocenters. The van der Waals surface area contributed by atoms with Crippen molar-refractivity contribution in [1.82, 2.24) is 19.8 Å². The molecule has 1 aromatic heterocycles. The van der Waals surface area contributed by atoms with Crippen LogP contribution in [0.4, 0.5) is 5.69 Å². The number of rotatable bonds is 7. The Morgan fingerprint density at radius 1 is 0.886 bits per heavy atom. The molecule has 2 fully saturated rings. The maximum Gasteiger partial charge on any atom is 0.238 e. The molecule has 1 aliphatic carbocycles. The van der Waals surface area contributed by atoms with Crippen molar-refractivity contribution in [1.29, 1.82) is 0 Å². The van der Waals surface area contributed by atoms with Gasteiger partial charge in [-0.15, -0.1) is 0 Å². The van der Waals surface area contributed by atoms with Gasteiger partial charge in [-0.1, -0.05) is 72.4 Å². The lowest BCUT2D eigenvalue weighted by atomic mass is 9.79. The average Bonchev–Trinajstić information content (AvgIpc) is 3.76. The Kier molecular flexibility index (Phi) is 8.77. The van der Waals surface area contributed by atoms with Gasteiger partial charge in [0.15, 0.2) is 0 Å². The summed E-state index contributed by atoms with van der Waals surface area (Å²) in [5.74, 6) is 1.35. The number of hydrogen-bond acceptors (Lipinski definition) is 4. The van der Waals surface area contributed by atoms with Crippen molar-refractivity contribution < 1.29 is 4.79 Å². The number of piperidine rings is 1. The molecule has 3 aliphatic rings. The van der Waals surface area contributed by atoms with E-state index in [1.54, 1.807) is 24.4 Å². The summed E-state index contributed by atoms with van der Waals surface area (Å²) in [5, 5.41) is 4.07. The highest BCUT2D eigenvalue weighted by Gasteiger charge is 2.37. The maximum absolute atomic E-state index is 13.4. The number of halogens is 2. The zero-order valence-corrected chi connectivity index (χ0v) is 26.5. The van der Waals surface area contributed by atoms with Crippen LogP contribution >= 0.6 is 23.2 Å². The highest BCUT2D eigenvalue weighted by Crippen LogP contribution is 2.42. The number of aromatic amines is 1. The third-order valence-corrected chi connectivity index (χ3v) is 10.3. The van der Waals surface area contributed by atoms with Crippen LogP contribution in [0.15, 0.2) is 73.1 Å². The van der Waals surface area contributed by atoms with Crippen molar-refractivity contribution in [2.45, 2.75) is 57.0 Å². The Morgan fingerprint density at radius 2 is 1.64 bits per heavy atom. The Labute approximate surface area is 269 Å². The molecule has 8 heteroatoms. The van der Waals surface area contributed by atoms with Crippen molar-refractivity contribution in [3.63, 3.8) is 0 Å². The minimum absolute atomic E-state index is 0.0356. The minimum atomic E-state index is -0.0356. The lowest BCUT2D eigenvalue weighted by Gasteiger charge is -2.45. The number of nitrogens with zero attached hydrogens (tertiary/aromatic N) is 3. The quantitative estimate of drug-likeness (QED) is 0.216. The summed E-state index contributed by atoms with van der Waals surface area (Å²) < 4.78 is 0. The van der Waals surface area contributed by atoms with Gasteiger partial charge in [0.1, 0.15) is 5.82 Å². The smallest absolute Gasteiger partial charge is 0.238 e. The molecule has 3 heterocycles. The van der Waals surface area contributed by atoms with E-state index in [-0.39, 0.29) is 11.9 Å². The molecule has 3 aromatic carbocycles. The molecule has 1 saturated heterocycles. The second-order valence-electron chi connectivity index (χ2n) is 12.6. The largest absolute Gasteiger partial charge is 0.345 e. The Morgan fingerprint density at radius 3 is 2.39 bits per heavy atom. The first-order valence-corrected chi connectivity index (χ1v) is 16.7. The predicted molar refractivity (Wildman–Crippen MR) is 179 cm³/mol. The van der Waals surface area contributed by atoms with E-state index in [9.17, 15) is 4.79 Å². The number of hydrogen-bond donors (Lipinski definition) is 2. The van der Waals surface area contributed by atoms with Gasteiger partial charge in [0.05, 0.1) is 6.54 Å². The van der Waals surface area contributed by atoms with Crippen LogP contribution in [0.25, 0.3) is 22.5 Å². The monoisotopic (exact) mass is 627 g/mol. The molecule has 0 radical (unpaired) electrons. The zero-order valence-electron chi connectivity index (χ0n) is 24.9. The summed E-state index contributed by atoms with van der Waals surface area (Å²) in [7, 11) is 0. The van der Waals surface area contributed by atoms with Gasteiger partial charge in [0, 0.05) is 52.3 Å². The van der Waals surface area contributed by atoms with E-state index in [1.165, 1.54) is 47.9 Å². The molecule has 6 nitrogen and oxygen atoms in total. The molecular weight excluding hydrogens is 589 g/mol. The van der Waals surface area contributed by atoms with Crippen LogP contribution in [-0.4, -0.2) is 57.9 Å². The lowest BCUT2D eigenvalue weighted by molar-refractivity contribution is -0.118. The van der Waals surface area contributed by atoms with Gasteiger partial charge in [-0.05, 0) is 97.6 Å². The fourth-order valence-corrected chi connectivity index (χ4v) is 8.30. The first-order chi connectivity index (χ1) is 21.5. The SMILES string of the molecule is O=C(CN1CCc2cc(-c3cccc(-c4ncc[nH]4)c3)ccc2C1C1CCN(C2CCCC2)CC1)Nc1cc(Cl)cc(Cl)c1. The third-order valence-electron chi connectivity index (χ3n) is 9.85. The molecule has 2 aliphatic heterocycles. The second-order valence-corrected chi connectivity index (χ2v) is 13.5. The number of imidazole rings is 1. The number of H-pyrrole nitrogens is 1. The van der Waals surface area contributed by atoms with E-state index in [4.69, 9.17) is 23.2 Å². The molecular formula is C36H39Cl2N5O. The molecule has 7 rings (SSSR count). The van der Waals surface area contributed by atoms with Crippen LogP contribution in [0.3, 0.4) is 0 Å². The van der Waals surface area contributed by atoms with Crippen LogP contribution in [0.2, 0.25) is 10.0 Å². The van der Waals surface area contributed by atoms with Gasteiger partial charge >= 0.3 is 0 Å². The molecule has 0 bridgehead atoms. The fraction of sp³-hybridized carbons (Fsp3) is 0.389. The zero-order chi connectivity index (χ0) is 30.0. The van der Waals surface area contributed by atoms with Crippen LogP contribution in [-0.2, 0) is 11.2 Å². The van der Waals surface area contributed by atoms with Gasteiger partial charge in [-0.25, -0.2) is 4.98 Å². The van der Waals surface area contributed by atoms with E-state index < -0.39 is 0 Å². The maximum atomic E-state index is 13.4. The number of carbonyl (C=O) groups is 1. The summed E-state index contributed by atoms with van der Waals surface area (Å²) in [6, 6.07) is 21.7. The average molecular weight is 629 g/mol. The van der Waals surface area contributed by atoms with Gasteiger partial charge in [-0.2, -0.15) is 0 Å². The first kappa shape index (κ1) is 29.5. The second kappa shape index (κ2) is 13.1. The van der Waals surface area contributed by atoms with Crippen LogP contribution in [0, 0.1) is 5.92 Å². The molecule has 1 unspecified atom stereocenters. The van der Waals surface area contributed by atoms with Gasteiger partial charge in [0.2, 0.25) is 5.91 Å². The summed E-state index contributed by atoms with van der Waals surface area (Å²) in [6.07, 6.45) is 12.3. The molecule has 228 valence electrons. The fourth-order valence-electron chi connectivity index (χ4n) is 7.77. The molecule has 44 heavy (non-hydrogen) atoms. The van der Waals surface area contributed by atoms with Gasteiger partial charge in [0.25, 0.3) is 0 Å². The number of aromatic nitrogens is 2. The standard InChI is InChI=1S/C36H39Cl2N5O/c37-29-20-30(38)22-31(21-29)41-34(44)23-43-17-12-27-18-26(25-4-3-5-28(19-25)36-39-13-14-40-36)8-9-33(27)35(43)24-10-15-42(16-11-24)32-6-1-2-7-32/h3-5,8-9,13-14,18-22,24,32,35H,1-2,6-7,10-12,15-17,23H2,(H,39,40)(H,41,44).